The number of rotatable bonds is 4. The minimum atomic E-state index is 0.806. The molecule has 1 aromatic rings. The molecule has 0 N–H and O–H groups in total. The number of hydrogen-bond acceptors (Lipinski definition) is 3. The molecule has 0 saturated carbocycles. The topological polar surface area (TPSA) is 25.4 Å². The zero-order valence-electron chi connectivity index (χ0n) is 8.90. The predicted octanol–water partition coefficient (Wildman–Crippen LogP) is 1.71. The Balaban J connectivity index is 2.58. The molecule has 1 heterocycles. The van der Waals surface area contributed by atoms with Gasteiger partial charge in [0.05, 0.1) is 13.3 Å². The molecule has 14 heavy (non-hydrogen) atoms. The molecule has 0 aliphatic heterocycles. The predicted molar refractivity (Wildman–Crippen MR) is 57.3 cm³/mol. The number of hydrogen-bond donors (Lipinski definition) is 0. The Morgan fingerprint density at radius 1 is 1.43 bits per heavy atom. The van der Waals surface area contributed by atoms with Crippen LogP contribution in [0, 0.1) is 0 Å². The molecule has 0 fully saturated rings. The lowest BCUT2D eigenvalue weighted by Crippen LogP contribution is -2.00. The zero-order chi connectivity index (χ0) is 10.4. The van der Waals surface area contributed by atoms with Crippen LogP contribution >= 0.6 is 0 Å². The van der Waals surface area contributed by atoms with Crippen molar-refractivity contribution in [2.24, 2.45) is 0 Å². The number of ether oxygens (including phenoxy) is 1. The van der Waals surface area contributed by atoms with E-state index in [9.17, 15) is 0 Å². The highest BCUT2D eigenvalue weighted by Gasteiger charge is 1.93. The minimum absolute atomic E-state index is 0.806. The summed E-state index contributed by atoms with van der Waals surface area (Å²) in [6, 6.07) is 1.99. The van der Waals surface area contributed by atoms with Gasteiger partial charge in [-0.1, -0.05) is 6.08 Å². The molecule has 76 valence electrons. The van der Waals surface area contributed by atoms with E-state index in [4.69, 9.17) is 4.74 Å². The summed E-state index contributed by atoms with van der Waals surface area (Å²) in [4.78, 5) is 6.09. The van der Waals surface area contributed by atoms with Crippen LogP contribution in [-0.4, -0.2) is 31.1 Å². The van der Waals surface area contributed by atoms with Crippen LogP contribution in [0.2, 0.25) is 0 Å². The molecule has 0 amide bonds. The van der Waals surface area contributed by atoms with Crippen molar-refractivity contribution in [2.75, 3.05) is 21.2 Å². The SMILES string of the molecule is COc1cncc(CC=CN(C)C)c1. The first-order valence-corrected chi connectivity index (χ1v) is 4.53. The van der Waals surface area contributed by atoms with Crippen molar-refractivity contribution in [1.29, 1.82) is 0 Å². The maximum absolute atomic E-state index is 5.09. The Morgan fingerprint density at radius 2 is 2.21 bits per heavy atom. The smallest absolute Gasteiger partial charge is 0.137 e. The molecule has 1 aromatic heterocycles. The van der Waals surface area contributed by atoms with Gasteiger partial charge < -0.3 is 9.64 Å². The highest BCUT2D eigenvalue weighted by atomic mass is 16.5. The number of pyridine rings is 1. The maximum atomic E-state index is 5.09. The Kier molecular flexibility index (Phi) is 3.98. The summed E-state index contributed by atoms with van der Waals surface area (Å²) in [6.07, 6.45) is 8.56. The van der Waals surface area contributed by atoms with Gasteiger partial charge in [-0.25, -0.2) is 0 Å². The molecule has 0 unspecified atom stereocenters. The summed E-state index contributed by atoms with van der Waals surface area (Å²) in [5.41, 5.74) is 1.16. The van der Waals surface area contributed by atoms with Crippen LogP contribution in [0.1, 0.15) is 5.56 Å². The Hall–Kier alpha value is -1.51. The summed E-state index contributed by atoms with van der Waals surface area (Å²) in [5.74, 6) is 0.806. The summed E-state index contributed by atoms with van der Waals surface area (Å²) in [6.45, 7) is 0. The summed E-state index contributed by atoms with van der Waals surface area (Å²) < 4.78 is 5.09. The standard InChI is InChI=1S/C11H16N2O/c1-13(2)6-4-5-10-7-11(14-3)9-12-8-10/h4,6-9H,5H2,1-3H3. The van der Waals surface area contributed by atoms with Gasteiger partial charge >= 0.3 is 0 Å². The van der Waals surface area contributed by atoms with Crippen LogP contribution < -0.4 is 4.74 Å². The van der Waals surface area contributed by atoms with Crippen LogP contribution in [0.25, 0.3) is 0 Å². The maximum Gasteiger partial charge on any atom is 0.137 e. The van der Waals surface area contributed by atoms with E-state index in [-0.39, 0.29) is 0 Å². The van der Waals surface area contributed by atoms with Gasteiger partial charge in [0.1, 0.15) is 5.75 Å². The van der Waals surface area contributed by atoms with E-state index >= 15 is 0 Å². The molecule has 0 saturated heterocycles. The molecule has 0 radical (unpaired) electrons. The van der Waals surface area contributed by atoms with Crippen LogP contribution in [0.3, 0.4) is 0 Å². The lowest BCUT2D eigenvalue weighted by atomic mass is 10.2. The lowest BCUT2D eigenvalue weighted by Gasteiger charge is -2.04. The Morgan fingerprint density at radius 3 is 2.86 bits per heavy atom. The fraction of sp³-hybridized carbons (Fsp3) is 0.364. The van der Waals surface area contributed by atoms with Gasteiger partial charge in [0.25, 0.3) is 0 Å². The van der Waals surface area contributed by atoms with Gasteiger partial charge in [-0.05, 0) is 24.3 Å². The summed E-state index contributed by atoms with van der Waals surface area (Å²) >= 11 is 0. The highest BCUT2D eigenvalue weighted by Crippen LogP contribution is 2.10. The second-order valence-electron chi connectivity index (χ2n) is 3.29. The third kappa shape index (κ3) is 3.47. The second kappa shape index (κ2) is 5.27. The molecular weight excluding hydrogens is 176 g/mol. The van der Waals surface area contributed by atoms with Crippen molar-refractivity contribution >= 4 is 0 Å². The molecule has 1 rings (SSSR count). The Labute approximate surface area is 85.0 Å². The van der Waals surface area contributed by atoms with Gasteiger partial charge in [-0.15, -0.1) is 0 Å². The van der Waals surface area contributed by atoms with E-state index in [1.54, 1.807) is 13.3 Å². The molecule has 3 heteroatoms. The molecule has 0 atom stereocenters. The largest absolute Gasteiger partial charge is 0.495 e. The monoisotopic (exact) mass is 192 g/mol. The average Bonchev–Trinajstić information content (AvgIpc) is 2.18. The van der Waals surface area contributed by atoms with Gasteiger partial charge in [0.15, 0.2) is 0 Å². The lowest BCUT2D eigenvalue weighted by molar-refractivity contribution is 0.412. The van der Waals surface area contributed by atoms with Crippen molar-refractivity contribution in [3.8, 4) is 5.75 Å². The van der Waals surface area contributed by atoms with Gasteiger partial charge in [-0.3, -0.25) is 4.98 Å². The summed E-state index contributed by atoms with van der Waals surface area (Å²) in [7, 11) is 5.65. The number of allylic oxidation sites excluding steroid dienone is 1. The Bertz CT molecular complexity index is 308. The molecule has 0 aromatic carbocycles. The molecular formula is C11H16N2O. The number of methoxy groups -OCH3 is 1. The molecule has 3 nitrogen and oxygen atoms in total. The fourth-order valence-electron chi connectivity index (χ4n) is 1.09. The molecule has 0 bridgehead atoms. The van der Waals surface area contributed by atoms with Crippen molar-refractivity contribution < 1.29 is 4.74 Å². The van der Waals surface area contributed by atoms with Crippen LogP contribution in [-0.2, 0) is 6.42 Å². The van der Waals surface area contributed by atoms with Crippen molar-refractivity contribution in [2.45, 2.75) is 6.42 Å². The quantitative estimate of drug-likeness (QED) is 0.726. The average molecular weight is 192 g/mol. The van der Waals surface area contributed by atoms with E-state index in [0.29, 0.717) is 0 Å². The van der Waals surface area contributed by atoms with Gasteiger partial charge in [-0.2, -0.15) is 0 Å². The fourth-order valence-corrected chi connectivity index (χ4v) is 1.09. The minimum Gasteiger partial charge on any atom is -0.495 e. The third-order valence-corrected chi connectivity index (χ3v) is 1.76. The highest BCUT2D eigenvalue weighted by molar-refractivity contribution is 5.24. The van der Waals surface area contributed by atoms with E-state index < -0.39 is 0 Å². The van der Waals surface area contributed by atoms with Crippen molar-refractivity contribution in [3.05, 3.63) is 36.3 Å². The summed E-state index contributed by atoms with van der Waals surface area (Å²) in [5, 5.41) is 0. The molecule has 0 aliphatic carbocycles. The molecule has 0 spiro atoms. The van der Waals surface area contributed by atoms with Gasteiger partial charge in [0, 0.05) is 20.3 Å². The number of aromatic nitrogens is 1. The number of nitrogens with zero attached hydrogens (tertiary/aromatic N) is 2. The first kappa shape index (κ1) is 10.6. The second-order valence-corrected chi connectivity index (χ2v) is 3.29. The van der Waals surface area contributed by atoms with E-state index in [1.807, 2.05) is 37.5 Å². The van der Waals surface area contributed by atoms with Crippen LogP contribution in [0.4, 0.5) is 0 Å². The van der Waals surface area contributed by atoms with E-state index in [1.165, 1.54) is 0 Å². The zero-order valence-corrected chi connectivity index (χ0v) is 8.90. The normalized spacial score (nSPS) is 10.5. The molecule has 0 aliphatic rings. The van der Waals surface area contributed by atoms with Crippen molar-refractivity contribution in [1.82, 2.24) is 9.88 Å². The van der Waals surface area contributed by atoms with Crippen LogP contribution in [0.5, 0.6) is 5.75 Å². The third-order valence-electron chi connectivity index (χ3n) is 1.76. The van der Waals surface area contributed by atoms with Crippen LogP contribution in [0.15, 0.2) is 30.7 Å². The van der Waals surface area contributed by atoms with E-state index in [2.05, 4.69) is 11.1 Å². The first-order chi connectivity index (χ1) is 6.72. The van der Waals surface area contributed by atoms with E-state index in [0.717, 1.165) is 17.7 Å². The van der Waals surface area contributed by atoms with Crippen molar-refractivity contribution in [3.63, 3.8) is 0 Å². The first-order valence-electron chi connectivity index (χ1n) is 4.53. The van der Waals surface area contributed by atoms with Gasteiger partial charge in [0.2, 0.25) is 0 Å².